The van der Waals surface area contributed by atoms with Gasteiger partial charge in [-0.25, -0.2) is 0 Å². The Balaban J connectivity index is 1.22. The Morgan fingerprint density at radius 2 is 1.32 bits per heavy atom. The summed E-state index contributed by atoms with van der Waals surface area (Å²) in [6, 6.07) is 34.7. The number of nitrogens with one attached hydrogen (secondary N) is 2. The first-order chi connectivity index (χ1) is 16.8. The largest absolute Gasteiger partial charge is 0.362 e. The zero-order valence-corrected chi connectivity index (χ0v) is 20.0. The van der Waals surface area contributed by atoms with Gasteiger partial charge in [-0.15, -0.1) is 22.7 Å². The summed E-state index contributed by atoms with van der Waals surface area (Å²) in [7, 11) is 0. The second-order valence-electron chi connectivity index (χ2n) is 8.09. The predicted molar refractivity (Wildman–Crippen MR) is 148 cm³/mol. The van der Waals surface area contributed by atoms with Crippen LogP contribution in [0.4, 0.5) is 0 Å². The summed E-state index contributed by atoms with van der Waals surface area (Å²) >= 11 is 3.61. The molecule has 0 unspecified atom stereocenters. The van der Waals surface area contributed by atoms with Gasteiger partial charge in [0.15, 0.2) is 0 Å². The highest BCUT2D eigenvalue weighted by Gasteiger charge is 2.08. The molecule has 0 spiro atoms. The molecule has 34 heavy (non-hydrogen) atoms. The molecule has 2 N–H and O–H groups in total. The number of hydrogen-bond donors (Lipinski definition) is 2. The predicted octanol–water partition coefficient (Wildman–Crippen LogP) is 9.30. The molecule has 6 rings (SSSR count). The van der Waals surface area contributed by atoms with Gasteiger partial charge in [-0.1, -0.05) is 48.5 Å². The van der Waals surface area contributed by atoms with E-state index in [0.717, 1.165) is 17.1 Å². The van der Waals surface area contributed by atoms with Crippen molar-refractivity contribution < 1.29 is 0 Å². The van der Waals surface area contributed by atoms with Crippen LogP contribution in [-0.4, -0.2) is 9.97 Å². The quantitative estimate of drug-likeness (QED) is 0.241. The van der Waals surface area contributed by atoms with Gasteiger partial charge < -0.3 is 9.97 Å². The fraction of sp³-hybridized carbons (Fsp3) is 0. The third kappa shape index (κ3) is 4.34. The number of benzene rings is 2. The van der Waals surface area contributed by atoms with Crippen molar-refractivity contribution in [3.05, 3.63) is 120 Å². The minimum atomic E-state index is 1.08. The Kier molecular flexibility index (Phi) is 5.60. The summed E-state index contributed by atoms with van der Waals surface area (Å²) in [4.78, 5) is 10.6. The van der Waals surface area contributed by atoms with Crippen molar-refractivity contribution >= 4 is 34.8 Å². The second-order valence-corrected chi connectivity index (χ2v) is 10.1. The fourth-order valence-corrected chi connectivity index (χ4v) is 5.78. The Labute approximate surface area is 206 Å². The number of aromatic amines is 2. The van der Waals surface area contributed by atoms with Crippen molar-refractivity contribution in [1.82, 2.24) is 9.97 Å². The van der Waals surface area contributed by atoms with Gasteiger partial charge in [0, 0.05) is 37.9 Å². The molecule has 0 aliphatic carbocycles. The van der Waals surface area contributed by atoms with E-state index in [1.165, 1.54) is 36.9 Å². The summed E-state index contributed by atoms with van der Waals surface area (Å²) in [6.07, 6.45) is 6.10. The molecule has 0 aliphatic heterocycles. The Bertz CT molecular complexity index is 1530. The van der Waals surface area contributed by atoms with E-state index >= 15 is 0 Å². The van der Waals surface area contributed by atoms with Gasteiger partial charge in [0.2, 0.25) is 0 Å². The summed E-state index contributed by atoms with van der Waals surface area (Å²) in [5.74, 6) is 0. The molecule has 0 fully saturated rings. The molecular weight excluding hydrogens is 452 g/mol. The summed E-state index contributed by atoms with van der Waals surface area (Å²) in [6.45, 7) is 0. The van der Waals surface area contributed by atoms with Crippen LogP contribution in [0.1, 0.15) is 11.4 Å². The SMILES string of the molecule is C(=Cc1ccc(-c2cccc(-c3ccc(-c4ccc(-c5cccs5)cc4)s3)c2)[nH]1)c1ccc[nH]1. The topological polar surface area (TPSA) is 31.6 Å². The van der Waals surface area contributed by atoms with Crippen LogP contribution in [0.25, 0.3) is 54.7 Å². The highest BCUT2D eigenvalue weighted by molar-refractivity contribution is 7.18. The van der Waals surface area contributed by atoms with E-state index in [1.54, 1.807) is 11.3 Å². The van der Waals surface area contributed by atoms with Crippen molar-refractivity contribution in [3.8, 4) is 42.6 Å². The lowest BCUT2D eigenvalue weighted by Crippen LogP contribution is -1.80. The fourth-order valence-electron chi connectivity index (χ4n) is 4.03. The normalized spacial score (nSPS) is 11.4. The van der Waals surface area contributed by atoms with E-state index in [2.05, 4.69) is 118 Å². The highest BCUT2D eigenvalue weighted by Crippen LogP contribution is 2.37. The smallest absolute Gasteiger partial charge is 0.0458 e. The molecule has 0 saturated carbocycles. The maximum absolute atomic E-state index is 3.52. The van der Waals surface area contributed by atoms with Crippen LogP contribution in [0.5, 0.6) is 0 Å². The van der Waals surface area contributed by atoms with Crippen LogP contribution < -0.4 is 0 Å². The second kappa shape index (κ2) is 9.18. The summed E-state index contributed by atoms with van der Waals surface area (Å²) in [5.41, 5.74) is 8.25. The van der Waals surface area contributed by atoms with E-state index in [9.17, 15) is 0 Å². The summed E-state index contributed by atoms with van der Waals surface area (Å²) in [5, 5.41) is 2.12. The zero-order valence-electron chi connectivity index (χ0n) is 18.4. The van der Waals surface area contributed by atoms with Gasteiger partial charge in [-0.05, 0) is 88.3 Å². The monoisotopic (exact) mass is 474 g/mol. The summed E-state index contributed by atoms with van der Waals surface area (Å²) < 4.78 is 0. The van der Waals surface area contributed by atoms with Gasteiger partial charge in [0.1, 0.15) is 0 Å². The first kappa shape index (κ1) is 20.7. The van der Waals surface area contributed by atoms with E-state index in [0.29, 0.717) is 0 Å². The standard InChI is InChI=1S/C30H22N2S2/c1-4-23(27-15-14-26(32-27)13-12-25-6-2-18-31-25)20-24(5-1)30-17-16-29(34-30)22-10-8-21(9-11-22)28-7-3-19-33-28/h1-20,31-32H. The molecule has 0 amide bonds. The Hall–Kier alpha value is -3.86. The van der Waals surface area contributed by atoms with Gasteiger partial charge in [-0.2, -0.15) is 0 Å². The zero-order chi connectivity index (χ0) is 22.7. The van der Waals surface area contributed by atoms with Gasteiger partial charge >= 0.3 is 0 Å². The van der Waals surface area contributed by atoms with E-state index in [1.807, 2.05) is 23.6 Å². The Morgan fingerprint density at radius 1 is 0.559 bits per heavy atom. The molecule has 0 atom stereocenters. The van der Waals surface area contributed by atoms with Crippen molar-refractivity contribution in [2.45, 2.75) is 0 Å². The van der Waals surface area contributed by atoms with Crippen molar-refractivity contribution in [1.29, 1.82) is 0 Å². The number of H-pyrrole nitrogens is 2. The minimum Gasteiger partial charge on any atom is -0.362 e. The Morgan fingerprint density at radius 3 is 2.09 bits per heavy atom. The first-order valence-electron chi connectivity index (χ1n) is 11.2. The molecule has 0 bridgehead atoms. The van der Waals surface area contributed by atoms with Crippen molar-refractivity contribution in [2.24, 2.45) is 0 Å². The van der Waals surface area contributed by atoms with Gasteiger partial charge in [0.25, 0.3) is 0 Å². The molecule has 0 aliphatic rings. The van der Waals surface area contributed by atoms with Crippen LogP contribution in [0.2, 0.25) is 0 Å². The third-order valence-electron chi connectivity index (χ3n) is 5.81. The van der Waals surface area contributed by atoms with Crippen LogP contribution in [-0.2, 0) is 0 Å². The molecule has 4 heterocycles. The number of aromatic nitrogens is 2. The lowest BCUT2D eigenvalue weighted by atomic mass is 10.1. The molecule has 4 aromatic heterocycles. The van der Waals surface area contributed by atoms with Gasteiger partial charge in [-0.3, -0.25) is 0 Å². The maximum atomic E-state index is 3.52. The first-order valence-corrected chi connectivity index (χ1v) is 12.9. The molecule has 0 radical (unpaired) electrons. The van der Waals surface area contributed by atoms with Crippen LogP contribution in [0.3, 0.4) is 0 Å². The average Bonchev–Trinajstić information content (AvgIpc) is 3.71. The lowest BCUT2D eigenvalue weighted by molar-refractivity contribution is 1.36. The van der Waals surface area contributed by atoms with E-state index in [4.69, 9.17) is 0 Å². The molecule has 164 valence electrons. The van der Waals surface area contributed by atoms with E-state index in [-0.39, 0.29) is 0 Å². The number of rotatable bonds is 6. The minimum absolute atomic E-state index is 1.08. The molecule has 0 saturated heterocycles. The van der Waals surface area contributed by atoms with E-state index < -0.39 is 0 Å². The lowest BCUT2D eigenvalue weighted by Gasteiger charge is -2.03. The molecule has 2 aromatic carbocycles. The van der Waals surface area contributed by atoms with Crippen molar-refractivity contribution in [3.63, 3.8) is 0 Å². The molecule has 2 nitrogen and oxygen atoms in total. The average molecular weight is 475 g/mol. The molecule has 4 heteroatoms. The maximum Gasteiger partial charge on any atom is 0.0458 e. The molecule has 6 aromatic rings. The third-order valence-corrected chi connectivity index (χ3v) is 7.91. The number of hydrogen-bond acceptors (Lipinski definition) is 2. The number of thiophene rings is 2. The van der Waals surface area contributed by atoms with Gasteiger partial charge in [0.05, 0.1) is 0 Å². The molecular formula is C30H22N2S2. The van der Waals surface area contributed by atoms with Crippen LogP contribution in [0.15, 0.2) is 109 Å². The van der Waals surface area contributed by atoms with Crippen LogP contribution in [0, 0.1) is 0 Å². The van der Waals surface area contributed by atoms with Crippen molar-refractivity contribution in [2.75, 3.05) is 0 Å². The highest BCUT2D eigenvalue weighted by atomic mass is 32.1. The van der Waals surface area contributed by atoms with Crippen LogP contribution >= 0.6 is 22.7 Å².